The van der Waals surface area contributed by atoms with E-state index in [9.17, 15) is 0 Å². The fourth-order valence-electron chi connectivity index (χ4n) is 3.01. The van der Waals surface area contributed by atoms with E-state index in [1.54, 1.807) is 0 Å². The first kappa shape index (κ1) is 13.4. The Morgan fingerprint density at radius 2 is 2.11 bits per heavy atom. The Bertz CT molecular complexity index is 410. The van der Waals surface area contributed by atoms with Gasteiger partial charge in [-0.3, -0.25) is 0 Å². The van der Waals surface area contributed by atoms with Gasteiger partial charge in [-0.15, -0.1) is 0 Å². The molecule has 1 aromatic carbocycles. The molecule has 2 nitrogen and oxygen atoms in total. The molecular weight excluding hydrogens is 220 g/mol. The normalized spacial score (nSPS) is 19.0. The fourth-order valence-corrected chi connectivity index (χ4v) is 3.01. The Labute approximate surface area is 111 Å². The van der Waals surface area contributed by atoms with E-state index in [1.165, 1.54) is 36.2 Å². The van der Waals surface area contributed by atoms with Crippen LogP contribution in [-0.4, -0.2) is 19.6 Å². The topological polar surface area (TPSA) is 29.3 Å². The zero-order chi connectivity index (χ0) is 13.2. The molecule has 2 rings (SSSR count). The molecule has 0 atom stereocenters. The monoisotopic (exact) mass is 246 g/mol. The lowest BCUT2D eigenvalue weighted by atomic mass is 9.83. The molecule has 0 unspecified atom stereocenters. The second kappa shape index (κ2) is 5.31. The van der Waals surface area contributed by atoms with Gasteiger partial charge in [-0.1, -0.05) is 31.5 Å². The molecule has 1 aliphatic heterocycles. The number of rotatable bonds is 3. The maximum Gasteiger partial charge on any atom is 0.0399 e. The first-order valence-corrected chi connectivity index (χ1v) is 7.06. The van der Waals surface area contributed by atoms with Crippen LogP contribution in [0.25, 0.3) is 0 Å². The molecule has 18 heavy (non-hydrogen) atoms. The van der Waals surface area contributed by atoms with E-state index in [0.717, 1.165) is 19.5 Å². The van der Waals surface area contributed by atoms with E-state index in [-0.39, 0.29) is 0 Å². The number of anilines is 1. The van der Waals surface area contributed by atoms with Crippen molar-refractivity contribution in [3.8, 4) is 0 Å². The standard InChI is InChI=1S/C16H26N2/c1-13-5-6-15(14(11-13)7-9-17)18-10-4-8-16(2,3)12-18/h5-6,11H,4,7-10,12,17H2,1-3H3. The molecule has 0 aromatic heterocycles. The summed E-state index contributed by atoms with van der Waals surface area (Å²) in [6, 6.07) is 6.79. The van der Waals surface area contributed by atoms with E-state index in [1.807, 2.05) is 0 Å². The van der Waals surface area contributed by atoms with Gasteiger partial charge in [0.15, 0.2) is 0 Å². The number of piperidine rings is 1. The van der Waals surface area contributed by atoms with Crippen molar-refractivity contribution in [3.63, 3.8) is 0 Å². The molecule has 0 aliphatic carbocycles. The highest BCUT2D eigenvalue weighted by molar-refractivity contribution is 5.55. The van der Waals surface area contributed by atoms with Crippen molar-refractivity contribution in [2.75, 3.05) is 24.5 Å². The fraction of sp³-hybridized carbons (Fsp3) is 0.625. The van der Waals surface area contributed by atoms with Gasteiger partial charge in [-0.2, -0.15) is 0 Å². The molecule has 0 radical (unpaired) electrons. The second-order valence-electron chi connectivity index (χ2n) is 6.36. The summed E-state index contributed by atoms with van der Waals surface area (Å²) in [6.45, 7) is 9.97. The largest absolute Gasteiger partial charge is 0.371 e. The van der Waals surface area contributed by atoms with Crippen molar-refractivity contribution >= 4 is 5.69 Å². The van der Waals surface area contributed by atoms with Gasteiger partial charge >= 0.3 is 0 Å². The Morgan fingerprint density at radius 3 is 2.78 bits per heavy atom. The quantitative estimate of drug-likeness (QED) is 0.888. The minimum atomic E-state index is 0.434. The van der Waals surface area contributed by atoms with Crippen molar-refractivity contribution in [2.24, 2.45) is 11.1 Å². The van der Waals surface area contributed by atoms with Gasteiger partial charge in [0.1, 0.15) is 0 Å². The van der Waals surface area contributed by atoms with Crippen molar-refractivity contribution in [3.05, 3.63) is 29.3 Å². The van der Waals surface area contributed by atoms with Crippen LogP contribution in [0.4, 0.5) is 5.69 Å². The molecular formula is C16H26N2. The second-order valence-corrected chi connectivity index (χ2v) is 6.36. The summed E-state index contributed by atoms with van der Waals surface area (Å²) in [5.74, 6) is 0. The lowest BCUT2D eigenvalue weighted by Crippen LogP contribution is -2.40. The van der Waals surface area contributed by atoms with Crippen LogP contribution < -0.4 is 10.6 Å². The zero-order valence-electron chi connectivity index (χ0n) is 12.0. The van der Waals surface area contributed by atoms with Gasteiger partial charge in [-0.25, -0.2) is 0 Å². The summed E-state index contributed by atoms with van der Waals surface area (Å²) in [4.78, 5) is 2.55. The number of aryl methyl sites for hydroxylation is 1. The molecule has 1 fully saturated rings. The van der Waals surface area contributed by atoms with Crippen LogP contribution in [0, 0.1) is 12.3 Å². The SMILES string of the molecule is Cc1ccc(N2CCCC(C)(C)C2)c(CCN)c1. The van der Waals surface area contributed by atoms with E-state index in [0.29, 0.717) is 5.41 Å². The predicted octanol–water partition coefficient (Wildman–Crippen LogP) is 3.12. The van der Waals surface area contributed by atoms with Crippen molar-refractivity contribution < 1.29 is 0 Å². The number of nitrogens with zero attached hydrogens (tertiary/aromatic N) is 1. The molecule has 1 heterocycles. The van der Waals surface area contributed by atoms with Gasteiger partial charge < -0.3 is 10.6 Å². The van der Waals surface area contributed by atoms with Crippen LogP contribution in [-0.2, 0) is 6.42 Å². The summed E-state index contributed by atoms with van der Waals surface area (Å²) >= 11 is 0. The Balaban J connectivity index is 2.26. The minimum Gasteiger partial charge on any atom is -0.371 e. The number of nitrogens with two attached hydrogens (primary N) is 1. The van der Waals surface area contributed by atoms with Crippen LogP contribution in [0.15, 0.2) is 18.2 Å². The van der Waals surface area contributed by atoms with Crippen molar-refractivity contribution in [2.45, 2.75) is 40.0 Å². The number of benzene rings is 1. The number of hydrogen-bond acceptors (Lipinski definition) is 2. The first-order valence-electron chi connectivity index (χ1n) is 7.06. The third-order valence-corrected chi connectivity index (χ3v) is 3.89. The molecule has 0 spiro atoms. The van der Waals surface area contributed by atoms with Crippen molar-refractivity contribution in [1.29, 1.82) is 0 Å². The van der Waals surface area contributed by atoms with Crippen LogP contribution in [0.1, 0.15) is 37.8 Å². The zero-order valence-corrected chi connectivity index (χ0v) is 12.0. The highest BCUT2D eigenvalue weighted by Crippen LogP contribution is 2.33. The predicted molar refractivity (Wildman–Crippen MR) is 79.2 cm³/mol. The van der Waals surface area contributed by atoms with E-state index in [2.05, 4.69) is 43.9 Å². The minimum absolute atomic E-state index is 0.434. The molecule has 2 N–H and O–H groups in total. The summed E-state index contributed by atoms with van der Waals surface area (Å²) in [6.07, 6.45) is 3.61. The van der Waals surface area contributed by atoms with Gasteiger partial charge in [0, 0.05) is 18.8 Å². The lowest BCUT2D eigenvalue weighted by Gasteiger charge is -2.40. The van der Waals surface area contributed by atoms with Crippen LogP contribution in [0.3, 0.4) is 0 Å². The molecule has 0 amide bonds. The lowest BCUT2D eigenvalue weighted by molar-refractivity contribution is 0.293. The van der Waals surface area contributed by atoms with Gasteiger partial charge in [0.2, 0.25) is 0 Å². The summed E-state index contributed by atoms with van der Waals surface area (Å²) in [5, 5.41) is 0. The third kappa shape index (κ3) is 3.05. The summed E-state index contributed by atoms with van der Waals surface area (Å²) in [5.41, 5.74) is 10.3. The van der Waals surface area contributed by atoms with Gasteiger partial charge in [-0.05, 0) is 49.8 Å². The van der Waals surface area contributed by atoms with E-state index in [4.69, 9.17) is 5.73 Å². The van der Waals surface area contributed by atoms with Crippen LogP contribution >= 0.6 is 0 Å². The van der Waals surface area contributed by atoms with Gasteiger partial charge in [0.05, 0.1) is 0 Å². The average molecular weight is 246 g/mol. The van der Waals surface area contributed by atoms with Crippen molar-refractivity contribution in [1.82, 2.24) is 0 Å². The third-order valence-electron chi connectivity index (χ3n) is 3.89. The summed E-state index contributed by atoms with van der Waals surface area (Å²) in [7, 11) is 0. The smallest absolute Gasteiger partial charge is 0.0399 e. The molecule has 1 aliphatic rings. The molecule has 1 saturated heterocycles. The van der Waals surface area contributed by atoms with Gasteiger partial charge in [0.25, 0.3) is 0 Å². The Hall–Kier alpha value is -1.02. The molecule has 2 heteroatoms. The van der Waals surface area contributed by atoms with E-state index < -0.39 is 0 Å². The molecule has 100 valence electrons. The molecule has 0 saturated carbocycles. The molecule has 1 aromatic rings. The van der Waals surface area contributed by atoms with Crippen LogP contribution in [0.2, 0.25) is 0 Å². The Morgan fingerprint density at radius 1 is 1.33 bits per heavy atom. The number of hydrogen-bond donors (Lipinski definition) is 1. The highest BCUT2D eigenvalue weighted by Gasteiger charge is 2.27. The molecule has 0 bridgehead atoms. The average Bonchev–Trinajstić information content (AvgIpc) is 2.28. The maximum absolute atomic E-state index is 5.74. The maximum atomic E-state index is 5.74. The highest BCUT2D eigenvalue weighted by atomic mass is 15.1. The Kier molecular flexibility index (Phi) is 3.96. The van der Waals surface area contributed by atoms with E-state index >= 15 is 0 Å². The summed E-state index contributed by atoms with van der Waals surface area (Å²) < 4.78 is 0. The first-order chi connectivity index (χ1) is 8.52. The van der Waals surface area contributed by atoms with Crippen LogP contribution in [0.5, 0.6) is 0 Å².